The van der Waals surface area contributed by atoms with Crippen LogP contribution in [0.25, 0.3) is 0 Å². The summed E-state index contributed by atoms with van der Waals surface area (Å²) in [4.78, 5) is 13.4. The number of ether oxygens (including phenoxy) is 2. The Labute approximate surface area is 112 Å². The van der Waals surface area contributed by atoms with E-state index in [-0.39, 0.29) is 18.4 Å². The summed E-state index contributed by atoms with van der Waals surface area (Å²) in [5, 5.41) is 9.04. The highest BCUT2D eigenvalue weighted by Crippen LogP contribution is 2.20. The van der Waals surface area contributed by atoms with Crippen molar-refractivity contribution in [3.05, 3.63) is 24.3 Å². The van der Waals surface area contributed by atoms with Crippen LogP contribution in [0.5, 0.6) is 11.5 Å². The van der Waals surface area contributed by atoms with E-state index in [1.807, 2.05) is 24.3 Å². The molecule has 1 atom stereocenters. The zero-order chi connectivity index (χ0) is 13.7. The zero-order valence-corrected chi connectivity index (χ0v) is 11.0. The topological polar surface area (TPSA) is 59.0 Å². The summed E-state index contributed by atoms with van der Waals surface area (Å²) in [5.74, 6) is 1.64. The molecular weight excluding hydrogens is 246 g/mol. The average Bonchev–Trinajstić information content (AvgIpc) is 2.80. The molecule has 19 heavy (non-hydrogen) atoms. The zero-order valence-electron chi connectivity index (χ0n) is 11.0. The largest absolute Gasteiger partial charge is 0.497 e. The van der Waals surface area contributed by atoms with Gasteiger partial charge in [0.2, 0.25) is 5.91 Å². The Morgan fingerprint density at radius 3 is 2.89 bits per heavy atom. The SMILES string of the molecule is COc1cccc(OCCN2CC(CO)CC2=O)c1. The molecule has 1 amide bonds. The minimum absolute atomic E-state index is 0.0684. The van der Waals surface area contributed by atoms with E-state index in [1.165, 1.54) is 0 Å². The summed E-state index contributed by atoms with van der Waals surface area (Å²) in [6.07, 6.45) is 0.440. The third-order valence-corrected chi connectivity index (χ3v) is 3.22. The third kappa shape index (κ3) is 3.61. The van der Waals surface area contributed by atoms with Crippen molar-refractivity contribution in [2.24, 2.45) is 5.92 Å². The van der Waals surface area contributed by atoms with Gasteiger partial charge in [-0.25, -0.2) is 0 Å². The average molecular weight is 265 g/mol. The number of benzene rings is 1. The lowest BCUT2D eigenvalue weighted by molar-refractivity contribution is -0.128. The van der Waals surface area contributed by atoms with Crippen molar-refractivity contribution in [3.63, 3.8) is 0 Å². The first kappa shape index (κ1) is 13.7. The monoisotopic (exact) mass is 265 g/mol. The quantitative estimate of drug-likeness (QED) is 0.830. The summed E-state index contributed by atoms with van der Waals surface area (Å²) in [6, 6.07) is 7.37. The van der Waals surface area contributed by atoms with Gasteiger partial charge in [-0.05, 0) is 12.1 Å². The first-order chi connectivity index (χ1) is 9.22. The summed E-state index contributed by atoms with van der Waals surface area (Å²) in [5.41, 5.74) is 0. The molecule has 2 rings (SSSR count). The molecule has 1 aromatic carbocycles. The van der Waals surface area contributed by atoms with Crippen LogP contribution < -0.4 is 9.47 Å². The molecule has 104 valence electrons. The van der Waals surface area contributed by atoms with Gasteiger partial charge in [0.05, 0.1) is 13.7 Å². The maximum absolute atomic E-state index is 11.6. The van der Waals surface area contributed by atoms with Crippen molar-refractivity contribution in [1.82, 2.24) is 4.90 Å². The van der Waals surface area contributed by atoms with Crippen molar-refractivity contribution in [2.45, 2.75) is 6.42 Å². The molecule has 5 heteroatoms. The normalized spacial score (nSPS) is 18.7. The van der Waals surface area contributed by atoms with E-state index in [0.29, 0.717) is 26.1 Å². The smallest absolute Gasteiger partial charge is 0.223 e. The summed E-state index contributed by atoms with van der Waals surface area (Å²) in [7, 11) is 1.61. The minimum Gasteiger partial charge on any atom is -0.497 e. The van der Waals surface area contributed by atoms with Gasteiger partial charge in [0.1, 0.15) is 18.1 Å². The van der Waals surface area contributed by atoms with E-state index in [4.69, 9.17) is 14.6 Å². The van der Waals surface area contributed by atoms with Crippen molar-refractivity contribution in [1.29, 1.82) is 0 Å². The number of carbonyl (C=O) groups excluding carboxylic acids is 1. The predicted octanol–water partition coefficient (Wildman–Crippen LogP) is 0.915. The van der Waals surface area contributed by atoms with Gasteiger partial charge in [-0.1, -0.05) is 6.07 Å². The number of amides is 1. The van der Waals surface area contributed by atoms with Crippen LogP contribution in [0.1, 0.15) is 6.42 Å². The van der Waals surface area contributed by atoms with E-state index in [1.54, 1.807) is 12.0 Å². The number of rotatable bonds is 6. The number of carbonyl (C=O) groups is 1. The third-order valence-electron chi connectivity index (χ3n) is 3.22. The van der Waals surface area contributed by atoms with Crippen LogP contribution in [0.4, 0.5) is 0 Å². The highest BCUT2D eigenvalue weighted by molar-refractivity contribution is 5.78. The minimum atomic E-state index is 0.0684. The summed E-state index contributed by atoms with van der Waals surface area (Å²) in [6.45, 7) is 1.68. The van der Waals surface area contributed by atoms with Crippen LogP contribution in [0.2, 0.25) is 0 Å². The lowest BCUT2D eigenvalue weighted by Gasteiger charge is -2.16. The predicted molar refractivity (Wildman–Crippen MR) is 70.3 cm³/mol. The number of methoxy groups -OCH3 is 1. The molecule has 0 saturated carbocycles. The number of hydrogen-bond donors (Lipinski definition) is 1. The van der Waals surface area contributed by atoms with Crippen LogP contribution in [0.15, 0.2) is 24.3 Å². The van der Waals surface area contributed by atoms with Crippen molar-refractivity contribution >= 4 is 5.91 Å². The van der Waals surface area contributed by atoms with Gasteiger partial charge in [0.25, 0.3) is 0 Å². The molecule has 1 unspecified atom stereocenters. The second-order valence-corrected chi connectivity index (χ2v) is 4.62. The van der Waals surface area contributed by atoms with Gasteiger partial charge >= 0.3 is 0 Å². The Kier molecular flexibility index (Phi) is 4.63. The van der Waals surface area contributed by atoms with Gasteiger partial charge in [-0.3, -0.25) is 4.79 Å². The second-order valence-electron chi connectivity index (χ2n) is 4.62. The maximum atomic E-state index is 11.6. The first-order valence-corrected chi connectivity index (χ1v) is 6.38. The van der Waals surface area contributed by atoms with Crippen molar-refractivity contribution in [2.75, 3.05) is 33.4 Å². The Morgan fingerprint density at radius 2 is 2.21 bits per heavy atom. The molecule has 0 aromatic heterocycles. The summed E-state index contributed by atoms with van der Waals surface area (Å²) < 4.78 is 10.7. The molecule has 1 aliphatic rings. The Hall–Kier alpha value is -1.75. The molecule has 1 aliphatic heterocycles. The Bertz CT molecular complexity index is 435. The molecule has 0 aliphatic carbocycles. The highest BCUT2D eigenvalue weighted by atomic mass is 16.5. The van der Waals surface area contributed by atoms with Gasteiger partial charge in [0, 0.05) is 31.6 Å². The first-order valence-electron chi connectivity index (χ1n) is 6.38. The van der Waals surface area contributed by atoms with E-state index in [9.17, 15) is 4.79 Å². The van der Waals surface area contributed by atoms with Crippen LogP contribution in [-0.4, -0.2) is 49.3 Å². The Morgan fingerprint density at radius 1 is 1.42 bits per heavy atom. The second kappa shape index (κ2) is 6.43. The molecule has 1 aromatic rings. The van der Waals surface area contributed by atoms with Gasteiger partial charge in [-0.15, -0.1) is 0 Å². The van der Waals surface area contributed by atoms with Crippen LogP contribution in [-0.2, 0) is 4.79 Å². The van der Waals surface area contributed by atoms with Crippen molar-refractivity contribution in [3.8, 4) is 11.5 Å². The van der Waals surface area contributed by atoms with E-state index >= 15 is 0 Å². The molecule has 1 heterocycles. The fourth-order valence-corrected chi connectivity index (χ4v) is 2.16. The van der Waals surface area contributed by atoms with Gasteiger partial charge in [-0.2, -0.15) is 0 Å². The number of likely N-dealkylation sites (tertiary alicyclic amines) is 1. The molecule has 1 fully saturated rings. The van der Waals surface area contributed by atoms with E-state index in [2.05, 4.69) is 0 Å². The molecule has 0 bridgehead atoms. The molecular formula is C14H19NO4. The standard InChI is InChI=1S/C14H19NO4/c1-18-12-3-2-4-13(8-12)19-6-5-15-9-11(10-16)7-14(15)17/h2-4,8,11,16H,5-7,9-10H2,1H3. The Balaban J connectivity index is 1.78. The van der Waals surface area contributed by atoms with Gasteiger partial charge in [0.15, 0.2) is 0 Å². The van der Waals surface area contributed by atoms with Crippen LogP contribution >= 0.6 is 0 Å². The maximum Gasteiger partial charge on any atom is 0.223 e. The van der Waals surface area contributed by atoms with Crippen molar-refractivity contribution < 1.29 is 19.4 Å². The lowest BCUT2D eigenvalue weighted by Crippen LogP contribution is -2.30. The lowest BCUT2D eigenvalue weighted by atomic mass is 10.1. The van der Waals surface area contributed by atoms with E-state index in [0.717, 1.165) is 11.5 Å². The molecule has 5 nitrogen and oxygen atoms in total. The number of nitrogens with zero attached hydrogens (tertiary/aromatic N) is 1. The fraction of sp³-hybridized carbons (Fsp3) is 0.500. The number of aliphatic hydroxyl groups excluding tert-OH is 1. The molecule has 1 saturated heterocycles. The molecule has 0 radical (unpaired) electrons. The van der Waals surface area contributed by atoms with Crippen LogP contribution in [0, 0.1) is 5.92 Å². The van der Waals surface area contributed by atoms with Gasteiger partial charge < -0.3 is 19.5 Å². The molecule has 0 spiro atoms. The number of hydrogen-bond acceptors (Lipinski definition) is 4. The number of aliphatic hydroxyl groups is 1. The molecule has 1 N–H and O–H groups in total. The highest BCUT2D eigenvalue weighted by Gasteiger charge is 2.28. The summed E-state index contributed by atoms with van der Waals surface area (Å²) >= 11 is 0. The van der Waals surface area contributed by atoms with E-state index < -0.39 is 0 Å². The van der Waals surface area contributed by atoms with Crippen LogP contribution in [0.3, 0.4) is 0 Å². The fourth-order valence-electron chi connectivity index (χ4n) is 2.16.